The van der Waals surface area contributed by atoms with Crippen LogP contribution in [0.4, 0.5) is 11.8 Å². The number of nitrogens with zero attached hydrogens (tertiary/aromatic N) is 4. The van der Waals surface area contributed by atoms with E-state index in [0.717, 1.165) is 19.5 Å². The molecule has 1 aliphatic heterocycles. The third-order valence-electron chi connectivity index (χ3n) is 4.19. The highest BCUT2D eigenvalue weighted by Gasteiger charge is 2.29. The van der Waals surface area contributed by atoms with Gasteiger partial charge in [-0.25, -0.2) is 0 Å². The van der Waals surface area contributed by atoms with E-state index in [1.165, 1.54) is 0 Å². The Morgan fingerprint density at radius 1 is 1.36 bits per heavy atom. The average Bonchev–Trinajstić information content (AvgIpc) is 2.56. The zero-order valence-electron chi connectivity index (χ0n) is 13.8. The number of aromatic nitrogens is 3. The fraction of sp³-hybridized carbons (Fsp3) is 0.438. The molecule has 1 saturated heterocycles. The van der Waals surface area contributed by atoms with Crippen LogP contribution in [0.2, 0.25) is 10.0 Å². The Morgan fingerprint density at radius 2 is 2.12 bits per heavy atom. The van der Waals surface area contributed by atoms with Gasteiger partial charge in [-0.2, -0.15) is 4.98 Å². The fourth-order valence-electron chi connectivity index (χ4n) is 2.56. The Hall–Kier alpha value is -1.67. The molecule has 1 aliphatic rings. The lowest BCUT2D eigenvalue weighted by Gasteiger charge is -2.39. The van der Waals surface area contributed by atoms with Crippen LogP contribution in [-0.4, -0.2) is 52.1 Å². The van der Waals surface area contributed by atoms with Gasteiger partial charge in [-0.15, -0.1) is 10.2 Å². The zero-order chi connectivity index (χ0) is 18.0. The number of halogens is 2. The second kappa shape index (κ2) is 7.70. The van der Waals surface area contributed by atoms with E-state index in [-0.39, 0.29) is 11.9 Å². The third kappa shape index (κ3) is 3.95. The van der Waals surface area contributed by atoms with Crippen molar-refractivity contribution in [1.29, 1.82) is 0 Å². The van der Waals surface area contributed by atoms with Crippen molar-refractivity contribution < 1.29 is 5.11 Å². The van der Waals surface area contributed by atoms with Gasteiger partial charge in [-0.1, -0.05) is 42.3 Å². The van der Waals surface area contributed by atoms with Crippen LogP contribution in [0, 0.1) is 0 Å². The number of rotatable bonds is 6. The van der Waals surface area contributed by atoms with Crippen LogP contribution >= 0.6 is 23.2 Å². The normalized spacial score (nSPS) is 15.9. The average molecular weight is 383 g/mol. The Morgan fingerprint density at radius 3 is 2.80 bits per heavy atom. The molecule has 1 aromatic heterocycles. The highest BCUT2D eigenvalue weighted by atomic mass is 35.5. The molecule has 7 nitrogen and oxygen atoms in total. The molecule has 0 saturated carbocycles. The molecule has 1 atom stereocenters. The largest absolute Gasteiger partial charge is 0.392 e. The van der Waals surface area contributed by atoms with Crippen LogP contribution in [0.3, 0.4) is 0 Å². The van der Waals surface area contributed by atoms with Crippen molar-refractivity contribution in [2.45, 2.75) is 25.5 Å². The highest BCUT2D eigenvalue weighted by molar-refractivity contribution is 6.43. The molecule has 0 unspecified atom stereocenters. The lowest BCUT2D eigenvalue weighted by atomic mass is 10.1. The van der Waals surface area contributed by atoms with Crippen molar-refractivity contribution in [2.24, 2.45) is 0 Å². The minimum atomic E-state index is -0.315. The van der Waals surface area contributed by atoms with E-state index in [4.69, 9.17) is 28.9 Å². The van der Waals surface area contributed by atoms with Crippen molar-refractivity contribution in [3.63, 3.8) is 0 Å². The smallest absolute Gasteiger partial charge is 0.247 e. The first-order valence-electron chi connectivity index (χ1n) is 8.10. The summed E-state index contributed by atoms with van der Waals surface area (Å²) in [5, 5.41) is 22.0. The van der Waals surface area contributed by atoms with Gasteiger partial charge in [0.25, 0.3) is 0 Å². The second-order valence-electron chi connectivity index (χ2n) is 6.02. The topological polar surface area (TPSA) is 100 Å². The van der Waals surface area contributed by atoms with Crippen molar-refractivity contribution >= 4 is 35.0 Å². The third-order valence-corrected chi connectivity index (χ3v) is 5.01. The van der Waals surface area contributed by atoms with Crippen LogP contribution in [0.1, 0.15) is 13.3 Å². The van der Waals surface area contributed by atoms with E-state index < -0.39 is 0 Å². The van der Waals surface area contributed by atoms with Crippen molar-refractivity contribution in [2.75, 3.05) is 30.3 Å². The van der Waals surface area contributed by atoms with Crippen molar-refractivity contribution in [1.82, 2.24) is 20.5 Å². The van der Waals surface area contributed by atoms with Gasteiger partial charge < -0.3 is 21.1 Å². The second-order valence-corrected chi connectivity index (χ2v) is 6.80. The van der Waals surface area contributed by atoms with Gasteiger partial charge >= 0.3 is 0 Å². The Bertz CT molecular complexity index is 753. The van der Waals surface area contributed by atoms with E-state index in [2.05, 4.69) is 20.5 Å². The summed E-state index contributed by atoms with van der Waals surface area (Å²) >= 11 is 12.2. The first-order chi connectivity index (χ1) is 12.0. The van der Waals surface area contributed by atoms with Crippen molar-refractivity contribution in [3.8, 4) is 11.3 Å². The molecule has 2 aromatic rings. The number of benzene rings is 1. The molecule has 9 heteroatoms. The van der Waals surface area contributed by atoms with Gasteiger partial charge in [-0.05, 0) is 12.5 Å². The summed E-state index contributed by atoms with van der Waals surface area (Å²) in [6, 6.07) is 5.54. The summed E-state index contributed by atoms with van der Waals surface area (Å²) in [5.74, 6) is 0.737. The molecule has 3 rings (SSSR count). The summed E-state index contributed by atoms with van der Waals surface area (Å²) in [5.41, 5.74) is 7.07. The van der Waals surface area contributed by atoms with Crippen LogP contribution in [0.25, 0.3) is 11.3 Å². The summed E-state index contributed by atoms with van der Waals surface area (Å²) < 4.78 is 0. The maximum atomic E-state index is 9.58. The van der Waals surface area contributed by atoms with Gasteiger partial charge in [0.2, 0.25) is 5.95 Å². The molecular weight excluding hydrogens is 363 g/mol. The number of nitrogen functional groups attached to an aromatic ring is 1. The lowest BCUT2D eigenvalue weighted by molar-refractivity contribution is 0.160. The summed E-state index contributed by atoms with van der Waals surface area (Å²) in [7, 11) is 0. The van der Waals surface area contributed by atoms with E-state index in [1.807, 2.05) is 11.8 Å². The number of hydrogen-bond acceptors (Lipinski definition) is 7. The predicted molar refractivity (Wildman–Crippen MR) is 100.0 cm³/mol. The maximum absolute atomic E-state index is 9.58. The molecular formula is C16H20Cl2N6O. The zero-order valence-corrected chi connectivity index (χ0v) is 15.3. The van der Waals surface area contributed by atoms with Gasteiger partial charge in [0, 0.05) is 31.2 Å². The Labute approximate surface area is 156 Å². The standard InChI is InChI=1S/C16H20Cl2N6O/c1-2-10(25)6-20-9-7-24(8-9)16-21-15(19)14(22-23-16)11-4-3-5-12(17)13(11)18/h3-5,9-10,20,25H,2,6-8H2,1H3,(H2,19,21,23)/t10-/m1/s1. The summed E-state index contributed by atoms with van der Waals surface area (Å²) in [6.45, 7) is 4.03. The van der Waals surface area contributed by atoms with Gasteiger partial charge in [0.15, 0.2) is 5.82 Å². The molecule has 0 spiro atoms. The number of anilines is 2. The molecule has 25 heavy (non-hydrogen) atoms. The van der Waals surface area contributed by atoms with Crippen LogP contribution < -0.4 is 16.0 Å². The van der Waals surface area contributed by atoms with Gasteiger partial charge in [0.05, 0.1) is 16.1 Å². The van der Waals surface area contributed by atoms with E-state index >= 15 is 0 Å². The maximum Gasteiger partial charge on any atom is 0.247 e. The lowest BCUT2D eigenvalue weighted by Crippen LogP contribution is -2.59. The molecule has 134 valence electrons. The SMILES string of the molecule is CC[C@@H](O)CNC1CN(c2nnc(-c3cccc(Cl)c3Cl)c(N)n2)C1. The first-order valence-corrected chi connectivity index (χ1v) is 8.86. The van der Waals surface area contributed by atoms with E-state index in [0.29, 0.717) is 39.8 Å². The molecule has 0 aliphatic carbocycles. The number of nitrogens with two attached hydrogens (primary N) is 1. The Kier molecular flexibility index (Phi) is 5.58. The summed E-state index contributed by atoms with van der Waals surface area (Å²) in [4.78, 5) is 6.31. The number of hydrogen-bond donors (Lipinski definition) is 3. The van der Waals surface area contributed by atoms with Crippen LogP contribution in [-0.2, 0) is 0 Å². The first kappa shape index (κ1) is 18.1. The molecule has 2 heterocycles. The van der Waals surface area contributed by atoms with E-state index in [1.54, 1.807) is 18.2 Å². The minimum Gasteiger partial charge on any atom is -0.392 e. The summed E-state index contributed by atoms with van der Waals surface area (Å²) in [6.07, 6.45) is 0.421. The minimum absolute atomic E-state index is 0.256. The van der Waals surface area contributed by atoms with Crippen LogP contribution in [0.15, 0.2) is 18.2 Å². The molecule has 1 aromatic carbocycles. The fourth-order valence-corrected chi connectivity index (χ4v) is 2.95. The predicted octanol–water partition coefficient (Wildman–Crippen LogP) is 1.98. The molecule has 0 radical (unpaired) electrons. The van der Waals surface area contributed by atoms with Gasteiger partial charge in [0.1, 0.15) is 5.69 Å². The quantitative estimate of drug-likeness (QED) is 0.701. The van der Waals surface area contributed by atoms with Crippen molar-refractivity contribution in [3.05, 3.63) is 28.2 Å². The number of aliphatic hydroxyl groups is 1. The monoisotopic (exact) mass is 382 g/mol. The molecule has 0 bridgehead atoms. The van der Waals surface area contributed by atoms with E-state index in [9.17, 15) is 5.11 Å². The Balaban J connectivity index is 1.67. The highest BCUT2D eigenvalue weighted by Crippen LogP contribution is 2.34. The van der Waals surface area contributed by atoms with Crippen LogP contribution in [0.5, 0.6) is 0 Å². The number of nitrogens with one attached hydrogen (secondary N) is 1. The molecule has 4 N–H and O–H groups in total. The molecule has 1 fully saturated rings. The van der Waals surface area contributed by atoms with Gasteiger partial charge in [-0.3, -0.25) is 0 Å². The number of aliphatic hydroxyl groups excluding tert-OH is 1. The molecule has 0 amide bonds.